The number of aryl methyl sites for hydroxylation is 3. The molecule has 2 aromatic carbocycles. The van der Waals surface area contributed by atoms with Crippen molar-refractivity contribution in [2.75, 3.05) is 0 Å². The summed E-state index contributed by atoms with van der Waals surface area (Å²) >= 11 is 14.1. The molecule has 3 N–H and O–H groups in total. The van der Waals surface area contributed by atoms with Gasteiger partial charge in [0.15, 0.2) is 0 Å². The van der Waals surface area contributed by atoms with Gasteiger partial charge in [0.2, 0.25) is 11.8 Å². The minimum atomic E-state index is -0.341. The topological polar surface area (TPSA) is 87.7 Å². The van der Waals surface area contributed by atoms with Gasteiger partial charge in [-0.3, -0.25) is 5.10 Å². The average Bonchev–Trinajstić information content (AvgIpc) is 3.09. The standard InChI is InChI=1S/C23H20Cl2N4OS/c1-11-6-12(2)16(7-14(11)10-31-19-8-15(24)4-5-18(19)25)21-17(9-26)22(27)30-23-20(21)13(3)28-29-23/h4-8,21H,10,27H2,1-3H3,(H,28,29)/t21-/m0/s1. The summed E-state index contributed by atoms with van der Waals surface area (Å²) in [5.41, 5.74) is 12.5. The second-order valence-electron chi connectivity index (χ2n) is 7.49. The Bertz CT molecular complexity index is 1260. The molecular weight excluding hydrogens is 451 g/mol. The van der Waals surface area contributed by atoms with Crippen molar-refractivity contribution >= 4 is 35.0 Å². The van der Waals surface area contributed by atoms with Crippen LogP contribution in [0.4, 0.5) is 0 Å². The van der Waals surface area contributed by atoms with Crippen LogP contribution >= 0.6 is 35.0 Å². The van der Waals surface area contributed by atoms with Crippen molar-refractivity contribution in [3.05, 3.63) is 85.3 Å². The number of H-pyrrole nitrogens is 1. The molecule has 1 aliphatic heterocycles. The summed E-state index contributed by atoms with van der Waals surface area (Å²) in [6.07, 6.45) is 0. The zero-order valence-corrected chi connectivity index (χ0v) is 19.5. The smallest absolute Gasteiger partial charge is 0.244 e. The highest BCUT2D eigenvalue weighted by molar-refractivity contribution is 7.98. The lowest BCUT2D eigenvalue weighted by Gasteiger charge is -2.26. The summed E-state index contributed by atoms with van der Waals surface area (Å²) in [5.74, 6) is 0.876. The van der Waals surface area contributed by atoms with Gasteiger partial charge in [-0.1, -0.05) is 35.3 Å². The van der Waals surface area contributed by atoms with E-state index in [4.69, 9.17) is 33.7 Å². The largest absolute Gasteiger partial charge is 0.420 e. The molecule has 0 unspecified atom stereocenters. The Hall–Kier alpha value is -2.59. The van der Waals surface area contributed by atoms with Crippen LogP contribution in [0.2, 0.25) is 10.0 Å². The minimum absolute atomic E-state index is 0.0908. The number of hydrogen-bond donors (Lipinski definition) is 2. The van der Waals surface area contributed by atoms with Gasteiger partial charge in [-0.2, -0.15) is 5.26 Å². The molecule has 0 radical (unpaired) electrons. The van der Waals surface area contributed by atoms with E-state index in [0.29, 0.717) is 27.3 Å². The van der Waals surface area contributed by atoms with E-state index in [-0.39, 0.29) is 11.8 Å². The predicted molar refractivity (Wildman–Crippen MR) is 125 cm³/mol. The molecule has 158 valence electrons. The Morgan fingerprint density at radius 1 is 1.19 bits per heavy atom. The summed E-state index contributed by atoms with van der Waals surface area (Å²) in [5, 5.41) is 18.3. The van der Waals surface area contributed by atoms with Crippen molar-refractivity contribution in [1.29, 1.82) is 5.26 Å². The van der Waals surface area contributed by atoms with Gasteiger partial charge in [0.1, 0.15) is 11.6 Å². The van der Waals surface area contributed by atoms with Crippen LogP contribution in [0.1, 0.15) is 39.4 Å². The van der Waals surface area contributed by atoms with Crippen LogP contribution in [0, 0.1) is 32.1 Å². The molecule has 8 heteroatoms. The zero-order valence-electron chi connectivity index (χ0n) is 17.2. The van der Waals surface area contributed by atoms with E-state index >= 15 is 0 Å². The Labute approximate surface area is 195 Å². The summed E-state index contributed by atoms with van der Waals surface area (Å²) in [6, 6.07) is 12.0. The van der Waals surface area contributed by atoms with Gasteiger partial charge in [-0.25, -0.2) is 0 Å². The molecule has 0 spiro atoms. The lowest BCUT2D eigenvalue weighted by molar-refractivity contribution is 0.378. The second kappa shape index (κ2) is 8.51. The number of allylic oxidation sites excluding steroid dienone is 1. The van der Waals surface area contributed by atoms with Gasteiger partial charge >= 0.3 is 0 Å². The molecule has 2 heterocycles. The molecule has 0 aliphatic carbocycles. The van der Waals surface area contributed by atoms with E-state index < -0.39 is 0 Å². The van der Waals surface area contributed by atoms with Gasteiger partial charge in [0.25, 0.3) is 0 Å². The van der Waals surface area contributed by atoms with E-state index in [1.54, 1.807) is 23.9 Å². The van der Waals surface area contributed by atoms with Crippen LogP contribution in [0.5, 0.6) is 5.88 Å². The maximum absolute atomic E-state index is 9.84. The summed E-state index contributed by atoms with van der Waals surface area (Å²) in [7, 11) is 0. The first-order valence-electron chi connectivity index (χ1n) is 9.60. The Morgan fingerprint density at radius 3 is 2.71 bits per heavy atom. The van der Waals surface area contributed by atoms with Gasteiger partial charge in [0, 0.05) is 26.9 Å². The molecule has 5 nitrogen and oxygen atoms in total. The number of nitrogens with zero attached hydrogens (tertiary/aromatic N) is 2. The molecule has 31 heavy (non-hydrogen) atoms. The normalized spacial score (nSPS) is 15.4. The third-order valence-electron chi connectivity index (χ3n) is 5.44. The number of aromatic nitrogens is 2. The molecule has 3 aromatic rings. The van der Waals surface area contributed by atoms with Crippen molar-refractivity contribution in [3.8, 4) is 11.9 Å². The number of halogens is 2. The van der Waals surface area contributed by atoms with Crippen molar-refractivity contribution < 1.29 is 4.74 Å². The van der Waals surface area contributed by atoms with E-state index in [9.17, 15) is 5.26 Å². The quantitative estimate of drug-likeness (QED) is 0.446. The number of nitrogens with one attached hydrogen (secondary N) is 1. The third kappa shape index (κ3) is 4.01. The number of thioether (sulfide) groups is 1. The van der Waals surface area contributed by atoms with Crippen molar-refractivity contribution in [3.63, 3.8) is 0 Å². The van der Waals surface area contributed by atoms with E-state index in [1.807, 2.05) is 19.9 Å². The molecule has 0 saturated heterocycles. The lowest BCUT2D eigenvalue weighted by Crippen LogP contribution is -2.21. The lowest BCUT2D eigenvalue weighted by atomic mass is 9.81. The highest BCUT2D eigenvalue weighted by atomic mass is 35.5. The number of benzene rings is 2. The minimum Gasteiger partial charge on any atom is -0.420 e. The van der Waals surface area contributed by atoms with Gasteiger partial charge < -0.3 is 10.5 Å². The fourth-order valence-corrected chi connectivity index (χ4v) is 5.39. The first kappa shape index (κ1) is 21.6. The van der Waals surface area contributed by atoms with Crippen LogP contribution in [-0.2, 0) is 5.75 Å². The van der Waals surface area contributed by atoms with E-state index in [2.05, 4.69) is 35.3 Å². The van der Waals surface area contributed by atoms with E-state index in [1.165, 1.54) is 5.56 Å². The Balaban J connectivity index is 1.77. The number of nitriles is 1. The van der Waals surface area contributed by atoms with Gasteiger partial charge in [-0.15, -0.1) is 16.9 Å². The summed E-state index contributed by atoms with van der Waals surface area (Å²) < 4.78 is 5.59. The number of nitrogens with two attached hydrogens (primary N) is 1. The average molecular weight is 471 g/mol. The SMILES string of the molecule is Cc1cc(C)c([C@H]2C(C#N)=C(N)Oc3n[nH]c(C)c32)cc1CSc1cc(Cl)ccc1Cl. The highest BCUT2D eigenvalue weighted by Gasteiger charge is 2.35. The van der Waals surface area contributed by atoms with Crippen LogP contribution in [-0.4, -0.2) is 10.2 Å². The van der Waals surface area contributed by atoms with Crippen LogP contribution in [0.15, 0.2) is 46.7 Å². The first-order valence-corrected chi connectivity index (χ1v) is 11.3. The summed E-state index contributed by atoms with van der Waals surface area (Å²) in [6.45, 7) is 6.04. The van der Waals surface area contributed by atoms with Crippen molar-refractivity contribution in [1.82, 2.24) is 10.2 Å². The Morgan fingerprint density at radius 2 is 1.97 bits per heavy atom. The molecule has 0 bridgehead atoms. The van der Waals surface area contributed by atoms with Crippen molar-refractivity contribution in [2.45, 2.75) is 37.3 Å². The number of hydrogen-bond acceptors (Lipinski definition) is 5. The molecule has 1 aromatic heterocycles. The van der Waals surface area contributed by atoms with E-state index in [0.717, 1.165) is 32.8 Å². The predicted octanol–water partition coefficient (Wildman–Crippen LogP) is 6.15. The molecule has 4 rings (SSSR count). The zero-order chi connectivity index (χ0) is 22.3. The molecule has 1 aliphatic rings. The number of aromatic amines is 1. The monoisotopic (exact) mass is 470 g/mol. The molecular formula is C23H20Cl2N4OS. The molecule has 0 amide bonds. The van der Waals surface area contributed by atoms with Gasteiger partial charge in [-0.05, 0) is 61.2 Å². The van der Waals surface area contributed by atoms with Crippen LogP contribution < -0.4 is 10.5 Å². The third-order valence-corrected chi connectivity index (χ3v) is 7.22. The van der Waals surface area contributed by atoms with Crippen LogP contribution in [0.25, 0.3) is 0 Å². The number of ether oxygens (including phenoxy) is 1. The van der Waals surface area contributed by atoms with Crippen LogP contribution in [0.3, 0.4) is 0 Å². The first-order chi connectivity index (χ1) is 14.8. The maximum Gasteiger partial charge on any atom is 0.244 e. The molecule has 0 fully saturated rings. The summed E-state index contributed by atoms with van der Waals surface area (Å²) in [4.78, 5) is 0.927. The highest BCUT2D eigenvalue weighted by Crippen LogP contribution is 2.44. The fourth-order valence-electron chi connectivity index (χ4n) is 3.84. The van der Waals surface area contributed by atoms with Crippen molar-refractivity contribution in [2.24, 2.45) is 5.73 Å². The Kier molecular flexibility index (Phi) is 5.94. The second-order valence-corrected chi connectivity index (χ2v) is 9.35. The fraction of sp³-hybridized carbons (Fsp3) is 0.217. The number of fused-ring (bicyclic) bond motifs is 1. The maximum atomic E-state index is 9.84. The molecule has 0 saturated carbocycles. The number of rotatable bonds is 4. The molecule has 1 atom stereocenters. The van der Waals surface area contributed by atoms with Gasteiger partial charge in [0.05, 0.1) is 10.9 Å².